The second-order valence-electron chi connectivity index (χ2n) is 9.57. The fourth-order valence-corrected chi connectivity index (χ4v) is 6.48. The summed E-state index contributed by atoms with van der Waals surface area (Å²) in [5.41, 5.74) is 3.77. The second-order valence-corrected chi connectivity index (χ2v) is 11.6. The summed E-state index contributed by atoms with van der Waals surface area (Å²) in [6, 6.07) is 12.6. The molecule has 5 rings (SSSR count). The Labute approximate surface area is 222 Å². The highest BCUT2D eigenvalue weighted by Crippen LogP contribution is 2.31. The molecule has 194 valence electrons. The molecule has 4 aromatic rings. The van der Waals surface area contributed by atoms with Gasteiger partial charge < -0.3 is 5.32 Å². The van der Waals surface area contributed by atoms with Gasteiger partial charge in [-0.15, -0.1) is 0 Å². The van der Waals surface area contributed by atoms with E-state index in [0.29, 0.717) is 12.0 Å². The molecular formula is C27H31ClN6O2S. The highest BCUT2D eigenvalue weighted by atomic mass is 35.5. The van der Waals surface area contributed by atoms with Crippen LogP contribution in [0.25, 0.3) is 22.2 Å². The maximum atomic E-state index is 12.9. The molecule has 0 spiro atoms. The van der Waals surface area contributed by atoms with E-state index in [2.05, 4.69) is 33.1 Å². The number of fused-ring (bicyclic) bond motifs is 1. The van der Waals surface area contributed by atoms with Crippen LogP contribution < -0.4 is 10.0 Å². The Morgan fingerprint density at radius 2 is 1.89 bits per heavy atom. The first kappa shape index (κ1) is 25.5. The summed E-state index contributed by atoms with van der Waals surface area (Å²) in [7, 11) is -2.09. The molecule has 0 unspecified atom stereocenters. The van der Waals surface area contributed by atoms with Gasteiger partial charge in [-0.05, 0) is 49.1 Å². The van der Waals surface area contributed by atoms with E-state index < -0.39 is 10.0 Å². The summed E-state index contributed by atoms with van der Waals surface area (Å²) in [6.45, 7) is 2.15. The van der Waals surface area contributed by atoms with Gasteiger partial charge >= 0.3 is 0 Å². The van der Waals surface area contributed by atoms with Gasteiger partial charge in [0, 0.05) is 36.3 Å². The van der Waals surface area contributed by atoms with Gasteiger partial charge in [0.15, 0.2) is 5.82 Å². The van der Waals surface area contributed by atoms with Crippen LogP contribution in [0.15, 0.2) is 53.6 Å². The van der Waals surface area contributed by atoms with Gasteiger partial charge in [-0.2, -0.15) is 5.10 Å². The van der Waals surface area contributed by atoms with Crippen molar-refractivity contribution in [3.05, 3.63) is 59.2 Å². The monoisotopic (exact) mass is 538 g/mol. The van der Waals surface area contributed by atoms with Crippen LogP contribution in [0.5, 0.6) is 0 Å². The lowest BCUT2D eigenvalue weighted by atomic mass is 9.96. The minimum absolute atomic E-state index is 0.00889. The van der Waals surface area contributed by atoms with E-state index in [-0.39, 0.29) is 15.7 Å². The van der Waals surface area contributed by atoms with Crippen molar-refractivity contribution >= 4 is 44.3 Å². The molecule has 0 radical (unpaired) electrons. The van der Waals surface area contributed by atoms with Crippen molar-refractivity contribution in [2.75, 3.05) is 10.0 Å². The number of rotatable bonds is 8. The third-order valence-electron chi connectivity index (χ3n) is 6.76. The largest absolute Gasteiger partial charge is 0.351 e. The minimum Gasteiger partial charge on any atom is -0.351 e. The number of sulfonamides is 1. The van der Waals surface area contributed by atoms with Crippen molar-refractivity contribution in [3.63, 3.8) is 0 Å². The number of anilines is 2. The molecule has 2 aromatic heterocycles. The van der Waals surface area contributed by atoms with Crippen LogP contribution in [0.4, 0.5) is 11.8 Å². The zero-order valence-corrected chi connectivity index (χ0v) is 22.6. The van der Waals surface area contributed by atoms with Crippen LogP contribution >= 0.6 is 11.6 Å². The Kier molecular flexibility index (Phi) is 7.35. The van der Waals surface area contributed by atoms with Crippen molar-refractivity contribution in [2.24, 2.45) is 7.05 Å². The Bertz CT molecular complexity index is 1530. The van der Waals surface area contributed by atoms with E-state index >= 15 is 0 Å². The van der Waals surface area contributed by atoms with Crippen LogP contribution in [0.2, 0.25) is 5.02 Å². The third-order valence-corrected chi connectivity index (χ3v) is 8.61. The first-order chi connectivity index (χ1) is 17.8. The average molecular weight is 539 g/mol. The third kappa shape index (κ3) is 5.57. The Morgan fingerprint density at radius 3 is 2.65 bits per heavy atom. The van der Waals surface area contributed by atoms with Gasteiger partial charge in [-0.25, -0.2) is 18.4 Å². The number of hydrogen-bond donors (Lipinski definition) is 2. The SMILES string of the molecule is CCCc1cc(-c2cc(NS(=O)(=O)c3ccccc3Cl)nn2C)cc2cnc(NC3CCCCC3)nc12. The van der Waals surface area contributed by atoms with Crippen LogP contribution in [0.3, 0.4) is 0 Å². The zero-order chi connectivity index (χ0) is 26.0. The van der Waals surface area contributed by atoms with E-state index in [1.165, 1.54) is 25.3 Å². The van der Waals surface area contributed by atoms with Crippen molar-refractivity contribution < 1.29 is 8.42 Å². The van der Waals surface area contributed by atoms with Gasteiger partial charge in [0.1, 0.15) is 4.90 Å². The van der Waals surface area contributed by atoms with E-state index in [1.807, 2.05) is 12.3 Å². The Morgan fingerprint density at radius 1 is 1.11 bits per heavy atom. The normalized spacial score (nSPS) is 14.7. The molecule has 1 saturated carbocycles. The molecule has 10 heteroatoms. The second kappa shape index (κ2) is 10.7. The van der Waals surface area contributed by atoms with Crippen LogP contribution in [-0.4, -0.2) is 34.2 Å². The Balaban J connectivity index is 1.46. The quantitative estimate of drug-likeness (QED) is 0.277. The lowest BCUT2D eigenvalue weighted by Gasteiger charge is -2.22. The lowest BCUT2D eigenvalue weighted by Crippen LogP contribution is -2.23. The molecule has 1 aliphatic carbocycles. The number of nitrogens with zero attached hydrogens (tertiary/aromatic N) is 4. The van der Waals surface area contributed by atoms with E-state index in [4.69, 9.17) is 16.6 Å². The molecule has 0 atom stereocenters. The lowest BCUT2D eigenvalue weighted by molar-refractivity contribution is 0.461. The van der Waals surface area contributed by atoms with Crippen LogP contribution in [-0.2, 0) is 23.5 Å². The number of hydrogen-bond acceptors (Lipinski definition) is 6. The standard InChI is InChI=1S/C27H31ClN6O2S/c1-3-9-18-14-19(15-20-17-29-27(31-26(18)20)30-21-10-5-4-6-11-21)23-16-25(32-34(23)2)33-37(35,36)24-13-8-7-12-22(24)28/h7-8,12-17,21H,3-6,9-11H2,1-2H3,(H,32,33)(H,29,30,31). The van der Waals surface area contributed by atoms with E-state index in [0.717, 1.165) is 53.4 Å². The smallest absolute Gasteiger partial charge is 0.264 e. The summed E-state index contributed by atoms with van der Waals surface area (Å²) < 4.78 is 30.0. The predicted molar refractivity (Wildman–Crippen MR) is 148 cm³/mol. The summed E-state index contributed by atoms with van der Waals surface area (Å²) in [5.74, 6) is 0.902. The van der Waals surface area contributed by atoms with Gasteiger partial charge in [-0.1, -0.05) is 56.3 Å². The zero-order valence-electron chi connectivity index (χ0n) is 21.0. The summed E-state index contributed by atoms with van der Waals surface area (Å²) in [6.07, 6.45) is 9.82. The number of aromatic nitrogens is 4. The highest BCUT2D eigenvalue weighted by molar-refractivity contribution is 7.92. The van der Waals surface area contributed by atoms with Gasteiger partial charge in [0.25, 0.3) is 10.0 Å². The molecule has 0 amide bonds. The number of aryl methyl sites for hydroxylation is 2. The number of halogens is 1. The van der Waals surface area contributed by atoms with Crippen LogP contribution in [0, 0.1) is 0 Å². The van der Waals surface area contributed by atoms with Crippen LogP contribution in [0.1, 0.15) is 51.0 Å². The van der Waals surface area contributed by atoms with Gasteiger partial charge in [0.2, 0.25) is 5.95 Å². The van der Waals surface area contributed by atoms with Gasteiger partial charge in [0.05, 0.1) is 16.2 Å². The van der Waals surface area contributed by atoms with Crippen molar-refractivity contribution in [3.8, 4) is 11.3 Å². The molecule has 2 heterocycles. The molecule has 0 bridgehead atoms. The summed E-state index contributed by atoms with van der Waals surface area (Å²) in [5, 5.41) is 9.03. The molecule has 0 aliphatic heterocycles. The fraction of sp³-hybridized carbons (Fsp3) is 0.370. The number of nitrogens with one attached hydrogen (secondary N) is 2. The molecule has 1 fully saturated rings. The molecule has 0 saturated heterocycles. The fourth-order valence-electron chi connectivity index (χ4n) is 4.97. The van der Waals surface area contributed by atoms with Crippen molar-refractivity contribution in [1.82, 2.24) is 19.7 Å². The summed E-state index contributed by atoms with van der Waals surface area (Å²) >= 11 is 6.11. The topological polar surface area (TPSA) is 102 Å². The maximum Gasteiger partial charge on any atom is 0.264 e. The minimum atomic E-state index is -3.88. The van der Waals surface area contributed by atoms with Gasteiger partial charge in [-0.3, -0.25) is 9.40 Å². The Hall–Kier alpha value is -3.17. The first-order valence-electron chi connectivity index (χ1n) is 12.7. The molecule has 8 nitrogen and oxygen atoms in total. The highest BCUT2D eigenvalue weighted by Gasteiger charge is 2.21. The predicted octanol–water partition coefficient (Wildman–Crippen LogP) is 6.18. The molecule has 2 N–H and O–H groups in total. The molecule has 37 heavy (non-hydrogen) atoms. The number of benzene rings is 2. The molecule has 1 aliphatic rings. The molecule has 2 aromatic carbocycles. The van der Waals surface area contributed by atoms with Crippen molar-refractivity contribution in [2.45, 2.75) is 62.8 Å². The summed E-state index contributed by atoms with van der Waals surface area (Å²) in [4.78, 5) is 9.51. The average Bonchev–Trinajstić information content (AvgIpc) is 3.24. The first-order valence-corrected chi connectivity index (χ1v) is 14.6. The maximum absolute atomic E-state index is 12.9. The van der Waals surface area contributed by atoms with Crippen molar-refractivity contribution in [1.29, 1.82) is 0 Å². The van der Waals surface area contributed by atoms with E-state index in [1.54, 1.807) is 36.0 Å². The molecular weight excluding hydrogens is 508 g/mol. The van der Waals surface area contributed by atoms with E-state index in [9.17, 15) is 8.42 Å².